The standard InChI is InChI=1S/C19H14N2/c20-12-13-5-6-17-11-19(21-18(17)9-13)16-8-7-14-3-1-2-4-15(14)10-16/h1-10,19,21H,11H2. The molecule has 0 amide bonds. The number of anilines is 1. The molecule has 100 valence electrons. The first-order valence-corrected chi connectivity index (χ1v) is 7.12. The van der Waals surface area contributed by atoms with Gasteiger partial charge in [-0.25, -0.2) is 0 Å². The predicted octanol–water partition coefficient (Wildman–Crippen LogP) is 4.42. The van der Waals surface area contributed by atoms with Crippen molar-refractivity contribution < 1.29 is 0 Å². The van der Waals surface area contributed by atoms with Gasteiger partial charge in [0, 0.05) is 5.69 Å². The maximum Gasteiger partial charge on any atom is 0.0992 e. The minimum absolute atomic E-state index is 0.290. The van der Waals surface area contributed by atoms with E-state index >= 15 is 0 Å². The molecule has 1 aliphatic rings. The molecule has 3 aromatic rings. The molecule has 0 saturated carbocycles. The van der Waals surface area contributed by atoms with Crippen molar-refractivity contribution in [3.05, 3.63) is 77.4 Å². The molecule has 0 aliphatic carbocycles. The third-order valence-electron chi connectivity index (χ3n) is 4.17. The van der Waals surface area contributed by atoms with E-state index in [1.165, 1.54) is 21.9 Å². The molecular formula is C19H14N2. The zero-order chi connectivity index (χ0) is 14.2. The van der Waals surface area contributed by atoms with Gasteiger partial charge in [0.15, 0.2) is 0 Å². The third-order valence-corrected chi connectivity index (χ3v) is 4.17. The van der Waals surface area contributed by atoms with Crippen LogP contribution in [0.5, 0.6) is 0 Å². The summed E-state index contributed by atoms with van der Waals surface area (Å²) >= 11 is 0. The molecule has 0 bridgehead atoms. The third kappa shape index (κ3) is 2.04. The van der Waals surface area contributed by atoms with Gasteiger partial charge in [0.1, 0.15) is 0 Å². The summed E-state index contributed by atoms with van der Waals surface area (Å²) in [5.41, 5.74) is 4.38. The Bertz CT molecular complexity index is 874. The number of nitrogens with one attached hydrogen (secondary N) is 1. The molecule has 0 spiro atoms. The van der Waals surface area contributed by atoms with Crippen molar-refractivity contribution in [2.75, 3.05) is 5.32 Å². The second kappa shape index (κ2) is 4.64. The quantitative estimate of drug-likeness (QED) is 0.710. The number of nitriles is 1. The van der Waals surface area contributed by atoms with Crippen LogP contribution in [0.25, 0.3) is 10.8 Å². The van der Waals surface area contributed by atoms with Crippen LogP contribution in [0.4, 0.5) is 5.69 Å². The topological polar surface area (TPSA) is 35.8 Å². The van der Waals surface area contributed by atoms with Crippen LogP contribution in [-0.2, 0) is 6.42 Å². The minimum atomic E-state index is 0.290. The first kappa shape index (κ1) is 12.0. The summed E-state index contributed by atoms with van der Waals surface area (Å²) in [5.74, 6) is 0. The van der Waals surface area contributed by atoms with Crippen molar-refractivity contribution in [3.8, 4) is 6.07 Å². The summed E-state index contributed by atoms with van der Waals surface area (Å²) in [5, 5.41) is 15.1. The summed E-state index contributed by atoms with van der Waals surface area (Å²) in [6, 6.07) is 23.4. The van der Waals surface area contributed by atoms with Crippen molar-refractivity contribution >= 4 is 16.5 Å². The molecule has 2 nitrogen and oxygen atoms in total. The lowest BCUT2D eigenvalue weighted by Gasteiger charge is -2.12. The molecule has 4 rings (SSSR count). The Morgan fingerprint density at radius 3 is 2.67 bits per heavy atom. The molecule has 21 heavy (non-hydrogen) atoms. The molecule has 3 aromatic carbocycles. The first-order valence-electron chi connectivity index (χ1n) is 7.12. The lowest BCUT2D eigenvalue weighted by Crippen LogP contribution is -2.05. The average molecular weight is 270 g/mol. The molecule has 0 saturated heterocycles. The summed E-state index contributed by atoms with van der Waals surface area (Å²) in [7, 11) is 0. The Hall–Kier alpha value is -2.79. The van der Waals surface area contributed by atoms with Gasteiger partial charge in [-0.1, -0.05) is 42.5 Å². The van der Waals surface area contributed by atoms with Crippen molar-refractivity contribution in [1.82, 2.24) is 0 Å². The number of benzene rings is 3. The molecule has 0 fully saturated rings. The van der Waals surface area contributed by atoms with E-state index in [2.05, 4.69) is 59.9 Å². The van der Waals surface area contributed by atoms with Crippen LogP contribution in [0.15, 0.2) is 60.7 Å². The largest absolute Gasteiger partial charge is 0.378 e. The molecule has 2 heteroatoms. The highest BCUT2D eigenvalue weighted by molar-refractivity contribution is 5.83. The molecule has 0 radical (unpaired) electrons. The van der Waals surface area contributed by atoms with Gasteiger partial charge >= 0.3 is 0 Å². The van der Waals surface area contributed by atoms with E-state index in [4.69, 9.17) is 5.26 Å². The predicted molar refractivity (Wildman–Crippen MR) is 85.2 cm³/mol. The first-order chi connectivity index (χ1) is 10.3. The Kier molecular flexibility index (Phi) is 2.65. The van der Waals surface area contributed by atoms with Gasteiger partial charge in [-0.15, -0.1) is 0 Å². The van der Waals surface area contributed by atoms with E-state index in [0.29, 0.717) is 11.6 Å². The van der Waals surface area contributed by atoms with Gasteiger partial charge in [-0.3, -0.25) is 0 Å². The van der Waals surface area contributed by atoms with Crippen molar-refractivity contribution in [2.45, 2.75) is 12.5 Å². The van der Waals surface area contributed by atoms with Gasteiger partial charge in [0.2, 0.25) is 0 Å². The molecule has 1 N–H and O–H groups in total. The molecule has 1 atom stereocenters. The van der Waals surface area contributed by atoms with Crippen LogP contribution in [-0.4, -0.2) is 0 Å². The smallest absolute Gasteiger partial charge is 0.0992 e. The van der Waals surface area contributed by atoms with Gasteiger partial charge < -0.3 is 5.32 Å². The van der Waals surface area contributed by atoms with E-state index in [-0.39, 0.29) is 0 Å². The summed E-state index contributed by atoms with van der Waals surface area (Å²) in [6.07, 6.45) is 0.972. The fraction of sp³-hybridized carbons (Fsp3) is 0.105. The van der Waals surface area contributed by atoms with E-state index in [9.17, 15) is 0 Å². The number of nitrogens with zero attached hydrogens (tertiary/aromatic N) is 1. The monoisotopic (exact) mass is 270 g/mol. The maximum absolute atomic E-state index is 8.99. The summed E-state index contributed by atoms with van der Waals surface area (Å²) in [4.78, 5) is 0. The van der Waals surface area contributed by atoms with Crippen molar-refractivity contribution in [3.63, 3.8) is 0 Å². The van der Waals surface area contributed by atoms with Crippen LogP contribution >= 0.6 is 0 Å². The van der Waals surface area contributed by atoms with Gasteiger partial charge in [-0.05, 0) is 46.5 Å². The van der Waals surface area contributed by atoms with E-state index < -0.39 is 0 Å². The maximum atomic E-state index is 8.99. The SMILES string of the molecule is N#Cc1ccc2c(c1)NC(c1ccc3ccccc3c1)C2. The zero-order valence-corrected chi connectivity index (χ0v) is 11.5. The average Bonchev–Trinajstić information content (AvgIpc) is 2.97. The second-order valence-corrected chi connectivity index (χ2v) is 5.49. The molecule has 0 aromatic heterocycles. The lowest BCUT2D eigenvalue weighted by atomic mass is 9.99. The Balaban J connectivity index is 1.70. The van der Waals surface area contributed by atoms with Crippen LogP contribution in [0.1, 0.15) is 22.7 Å². The highest BCUT2D eigenvalue weighted by atomic mass is 14.9. The fourth-order valence-corrected chi connectivity index (χ4v) is 3.04. The van der Waals surface area contributed by atoms with Crippen molar-refractivity contribution in [2.24, 2.45) is 0 Å². The minimum Gasteiger partial charge on any atom is -0.378 e. The number of fused-ring (bicyclic) bond motifs is 2. The number of hydrogen-bond acceptors (Lipinski definition) is 2. The van der Waals surface area contributed by atoms with E-state index in [1.807, 2.05) is 12.1 Å². The Morgan fingerprint density at radius 2 is 1.81 bits per heavy atom. The molecule has 1 heterocycles. The van der Waals surface area contributed by atoms with Crippen LogP contribution in [0.2, 0.25) is 0 Å². The van der Waals surface area contributed by atoms with Crippen molar-refractivity contribution in [1.29, 1.82) is 5.26 Å². The number of rotatable bonds is 1. The summed E-state index contributed by atoms with van der Waals surface area (Å²) in [6.45, 7) is 0. The fourth-order valence-electron chi connectivity index (χ4n) is 3.04. The second-order valence-electron chi connectivity index (χ2n) is 5.49. The van der Waals surface area contributed by atoms with Gasteiger partial charge in [0.25, 0.3) is 0 Å². The van der Waals surface area contributed by atoms with Crippen LogP contribution < -0.4 is 5.32 Å². The normalized spacial score (nSPS) is 16.2. The van der Waals surface area contributed by atoms with Gasteiger partial charge in [-0.2, -0.15) is 5.26 Å². The van der Waals surface area contributed by atoms with Gasteiger partial charge in [0.05, 0.1) is 17.7 Å². The van der Waals surface area contributed by atoms with Crippen LogP contribution in [0, 0.1) is 11.3 Å². The Morgan fingerprint density at radius 1 is 0.952 bits per heavy atom. The number of hydrogen-bond donors (Lipinski definition) is 1. The summed E-state index contributed by atoms with van der Waals surface area (Å²) < 4.78 is 0. The highest BCUT2D eigenvalue weighted by Crippen LogP contribution is 2.35. The molecular weight excluding hydrogens is 256 g/mol. The zero-order valence-electron chi connectivity index (χ0n) is 11.5. The molecule has 1 unspecified atom stereocenters. The van der Waals surface area contributed by atoms with E-state index in [1.54, 1.807) is 0 Å². The molecule has 1 aliphatic heterocycles. The highest BCUT2D eigenvalue weighted by Gasteiger charge is 2.22. The van der Waals surface area contributed by atoms with Crippen LogP contribution in [0.3, 0.4) is 0 Å². The Labute approximate surface area is 123 Å². The lowest BCUT2D eigenvalue weighted by molar-refractivity contribution is 0.826. The van der Waals surface area contributed by atoms with E-state index in [0.717, 1.165) is 12.1 Å².